The van der Waals surface area contributed by atoms with E-state index in [0.717, 1.165) is 5.69 Å². The topological polar surface area (TPSA) is 130 Å². The van der Waals surface area contributed by atoms with Crippen molar-refractivity contribution in [1.29, 1.82) is 0 Å². The average Bonchev–Trinajstić information content (AvgIpc) is 3.23. The Bertz CT molecular complexity index is 707. The molecule has 112 valence electrons. The van der Waals surface area contributed by atoms with E-state index in [2.05, 4.69) is 25.7 Å². The van der Waals surface area contributed by atoms with Gasteiger partial charge < -0.3 is 11.1 Å². The van der Waals surface area contributed by atoms with E-state index in [1.165, 1.54) is 6.07 Å². The van der Waals surface area contributed by atoms with Gasteiger partial charge in [0.2, 0.25) is 0 Å². The van der Waals surface area contributed by atoms with Crippen LogP contribution in [0.2, 0.25) is 0 Å². The molecule has 0 aliphatic heterocycles. The summed E-state index contributed by atoms with van der Waals surface area (Å²) in [5.41, 5.74) is 6.25. The van der Waals surface area contributed by atoms with Gasteiger partial charge in [0.05, 0.1) is 0 Å². The average molecular weight is 298 g/mol. The predicted octanol–water partition coefficient (Wildman–Crippen LogP) is 1.17. The van der Waals surface area contributed by atoms with Crippen LogP contribution >= 0.6 is 0 Å². The number of primary amides is 1. The lowest BCUT2D eigenvalue weighted by molar-refractivity contribution is 0.0993. The lowest BCUT2D eigenvalue weighted by atomic mass is 10.3. The van der Waals surface area contributed by atoms with E-state index in [4.69, 9.17) is 5.73 Å². The number of carbonyl (C=O) groups excluding carboxylic acids is 2. The molecule has 0 radical (unpaired) electrons. The predicted molar refractivity (Wildman–Crippen MR) is 80.1 cm³/mol. The smallest absolute Gasteiger partial charge is 0.276 e. The zero-order valence-electron chi connectivity index (χ0n) is 11.5. The maximum Gasteiger partial charge on any atom is 0.276 e. The number of aromatic nitrogens is 4. The first-order valence-corrected chi connectivity index (χ1v) is 6.32. The molecule has 0 aliphatic rings. The molecule has 0 unspecified atom stereocenters. The Morgan fingerprint density at radius 1 is 0.909 bits per heavy atom. The number of carbonyl (C=O) groups is 2. The molecule has 3 aromatic rings. The van der Waals surface area contributed by atoms with Crippen molar-refractivity contribution in [1.82, 2.24) is 20.4 Å². The van der Waals surface area contributed by atoms with Gasteiger partial charge in [0.25, 0.3) is 11.8 Å². The molecule has 2 heterocycles. The maximum absolute atomic E-state index is 11.5. The van der Waals surface area contributed by atoms with Gasteiger partial charge in [-0.05, 0) is 24.3 Å². The van der Waals surface area contributed by atoms with Gasteiger partial charge >= 0.3 is 0 Å². The van der Waals surface area contributed by atoms with Crippen LogP contribution in [0.5, 0.6) is 0 Å². The number of nitrogens with one attached hydrogen (secondary N) is 3. The Balaban J connectivity index is 0.000000188. The highest BCUT2D eigenvalue weighted by Gasteiger charge is 2.06. The molecule has 0 atom stereocenters. The standard InChI is InChI=1S/C10H9N3O.C4H5N3O/c14-10(9-6-7-11-13-9)12-8-4-2-1-3-5-8;5-4(8)3-1-2-6-7-3/h1-7H,(H,11,13)(H,12,14);1-2H,(H2,5,8)(H,6,7). The van der Waals surface area contributed by atoms with Crippen LogP contribution in [0.25, 0.3) is 0 Å². The van der Waals surface area contributed by atoms with Gasteiger partial charge in [-0.15, -0.1) is 0 Å². The van der Waals surface area contributed by atoms with Crippen molar-refractivity contribution in [2.45, 2.75) is 0 Å². The van der Waals surface area contributed by atoms with Crippen LogP contribution in [-0.2, 0) is 0 Å². The summed E-state index contributed by atoms with van der Waals surface area (Å²) in [7, 11) is 0. The number of amides is 2. The number of rotatable bonds is 3. The number of para-hydroxylation sites is 1. The van der Waals surface area contributed by atoms with Gasteiger partial charge in [-0.1, -0.05) is 18.2 Å². The minimum atomic E-state index is -0.508. The van der Waals surface area contributed by atoms with Gasteiger partial charge in [0.15, 0.2) is 0 Å². The van der Waals surface area contributed by atoms with Gasteiger partial charge in [-0.2, -0.15) is 10.2 Å². The van der Waals surface area contributed by atoms with Crippen LogP contribution in [0.1, 0.15) is 21.0 Å². The Hall–Kier alpha value is -3.42. The number of nitrogens with two attached hydrogens (primary N) is 1. The number of hydrogen-bond donors (Lipinski definition) is 4. The maximum atomic E-state index is 11.5. The molecule has 1 aromatic carbocycles. The second kappa shape index (κ2) is 7.39. The number of anilines is 1. The number of H-pyrrole nitrogens is 2. The van der Waals surface area contributed by atoms with E-state index in [1.54, 1.807) is 18.5 Å². The second-order valence-electron chi connectivity index (χ2n) is 4.10. The third-order valence-corrected chi connectivity index (χ3v) is 2.52. The van der Waals surface area contributed by atoms with Gasteiger partial charge in [-0.25, -0.2) is 0 Å². The summed E-state index contributed by atoms with van der Waals surface area (Å²) in [4.78, 5) is 21.7. The van der Waals surface area contributed by atoms with Crippen LogP contribution in [0.15, 0.2) is 54.9 Å². The Morgan fingerprint density at radius 2 is 1.50 bits per heavy atom. The van der Waals surface area contributed by atoms with Crippen molar-refractivity contribution in [2.24, 2.45) is 5.73 Å². The first-order valence-electron chi connectivity index (χ1n) is 6.32. The summed E-state index contributed by atoms with van der Waals surface area (Å²) in [6.07, 6.45) is 3.15. The van der Waals surface area contributed by atoms with Gasteiger partial charge in [0.1, 0.15) is 11.4 Å². The molecule has 0 fully saturated rings. The van der Waals surface area contributed by atoms with Crippen molar-refractivity contribution >= 4 is 17.5 Å². The lowest BCUT2D eigenvalue weighted by Gasteiger charge is -2.01. The molecule has 2 amide bonds. The Kier molecular flexibility index (Phi) is 5.03. The summed E-state index contributed by atoms with van der Waals surface area (Å²) in [6, 6.07) is 12.4. The Labute approximate surface area is 125 Å². The van der Waals surface area contributed by atoms with E-state index in [-0.39, 0.29) is 11.6 Å². The molecule has 3 rings (SSSR count). The number of hydrogen-bond acceptors (Lipinski definition) is 4. The van der Waals surface area contributed by atoms with Crippen LogP contribution in [-0.4, -0.2) is 32.2 Å². The number of aromatic amines is 2. The molecule has 8 heteroatoms. The van der Waals surface area contributed by atoms with E-state index >= 15 is 0 Å². The van der Waals surface area contributed by atoms with Crippen molar-refractivity contribution in [3.05, 3.63) is 66.2 Å². The van der Waals surface area contributed by atoms with E-state index in [0.29, 0.717) is 5.69 Å². The third kappa shape index (κ3) is 4.30. The summed E-state index contributed by atoms with van der Waals surface area (Å²) >= 11 is 0. The number of benzene rings is 1. The summed E-state index contributed by atoms with van der Waals surface area (Å²) in [5, 5.41) is 15.1. The molecule has 8 nitrogen and oxygen atoms in total. The SMILES string of the molecule is NC(=O)c1cc[nH]n1.O=C(Nc1ccccc1)c1cc[nH]n1. The minimum Gasteiger partial charge on any atom is -0.364 e. The first kappa shape index (κ1) is 15.0. The highest BCUT2D eigenvalue weighted by atomic mass is 16.2. The van der Waals surface area contributed by atoms with E-state index < -0.39 is 5.91 Å². The summed E-state index contributed by atoms with van der Waals surface area (Å²) < 4.78 is 0. The fourth-order valence-corrected chi connectivity index (χ4v) is 1.50. The van der Waals surface area contributed by atoms with Crippen LogP contribution < -0.4 is 11.1 Å². The van der Waals surface area contributed by atoms with Crippen LogP contribution in [0, 0.1) is 0 Å². The normalized spacial score (nSPS) is 9.45. The quantitative estimate of drug-likeness (QED) is 0.578. The van der Waals surface area contributed by atoms with Crippen LogP contribution in [0.3, 0.4) is 0 Å². The molecule has 0 saturated heterocycles. The first-order chi connectivity index (χ1) is 10.7. The molecule has 22 heavy (non-hydrogen) atoms. The zero-order valence-corrected chi connectivity index (χ0v) is 11.5. The molecule has 0 saturated carbocycles. The molecular weight excluding hydrogens is 284 g/mol. The van der Waals surface area contributed by atoms with E-state index in [9.17, 15) is 9.59 Å². The molecule has 0 spiro atoms. The number of nitrogens with zero attached hydrogens (tertiary/aromatic N) is 2. The summed E-state index contributed by atoms with van der Waals surface area (Å²) in [6.45, 7) is 0. The van der Waals surface area contributed by atoms with Gasteiger partial charge in [0, 0.05) is 18.1 Å². The lowest BCUT2D eigenvalue weighted by Crippen LogP contribution is -2.12. The monoisotopic (exact) mass is 298 g/mol. The van der Waals surface area contributed by atoms with Gasteiger partial charge in [-0.3, -0.25) is 19.8 Å². The van der Waals surface area contributed by atoms with Crippen molar-refractivity contribution < 1.29 is 9.59 Å². The molecule has 2 aromatic heterocycles. The molecular formula is C14H14N6O2. The largest absolute Gasteiger partial charge is 0.364 e. The fraction of sp³-hybridized carbons (Fsp3) is 0. The minimum absolute atomic E-state index is 0.211. The zero-order chi connectivity index (χ0) is 15.8. The highest BCUT2D eigenvalue weighted by Crippen LogP contribution is 2.06. The molecule has 5 N–H and O–H groups in total. The molecule has 0 bridgehead atoms. The third-order valence-electron chi connectivity index (χ3n) is 2.52. The van der Waals surface area contributed by atoms with E-state index in [1.807, 2.05) is 30.3 Å². The fourth-order valence-electron chi connectivity index (χ4n) is 1.50. The molecule has 0 aliphatic carbocycles. The van der Waals surface area contributed by atoms with Crippen LogP contribution in [0.4, 0.5) is 5.69 Å². The Morgan fingerprint density at radius 3 is 1.95 bits per heavy atom. The van der Waals surface area contributed by atoms with Crippen molar-refractivity contribution in [3.8, 4) is 0 Å². The van der Waals surface area contributed by atoms with Crippen molar-refractivity contribution in [3.63, 3.8) is 0 Å². The second-order valence-corrected chi connectivity index (χ2v) is 4.10. The highest BCUT2D eigenvalue weighted by molar-refractivity contribution is 6.02. The summed E-state index contributed by atoms with van der Waals surface area (Å²) in [5.74, 6) is -0.719. The van der Waals surface area contributed by atoms with Crippen molar-refractivity contribution in [2.75, 3.05) is 5.32 Å².